The van der Waals surface area contributed by atoms with Crippen molar-refractivity contribution >= 4 is 27.2 Å². The highest BCUT2D eigenvalue weighted by molar-refractivity contribution is 6.14. The van der Waals surface area contributed by atoms with Gasteiger partial charge in [-0.3, -0.25) is 0 Å². The fourth-order valence-corrected chi connectivity index (χ4v) is 3.13. The number of rotatable bonds is 0. The summed E-state index contributed by atoms with van der Waals surface area (Å²) in [5.41, 5.74) is 2.87. The molecule has 4 rings (SSSR count). The number of hydrogen-bond acceptors (Lipinski definition) is 1. The number of anilines is 1. The monoisotopic (exact) mass is 233 g/mol. The summed E-state index contributed by atoms with van der Waals surface area (Å²) in [6.45, 7) is 1.12. The van der Waals surface area contributed by atoms with E-state index in [1.807, 2.05) is 0 Å². The molecule has 0 N–H and O–H groups in total. The predicted molar refractivity (Wildman–Crippen MR) is 78.4 cm³/mol. The smallest absolute Gasteiger partial charge is 0.0452 e. The van der Waals surface area contributed by atoms with E-state index in [4.69, 9.17) is 0 Å². The largest absolute Gasteiger partial charge is 0.374 e. The van der Waals surface area contributed by atoms with E-state index < -0.39 is 0 Å². The molecule has 88 valence electrons. The standard InChI is InChI=1S/C17H15N/c1-18-10-9-12-6-4-8-15-14-7-3-2-5-13(14)11-16(18)17(12)15/h2-8,11H,9-10H2,1H3. The third-order valence-electron chi connectivity index (χ3n) is 4.08. The molecular weight excluding hydrogens is 218 g/mol. The second-order valence-electron chi connectivity index (χ2n) is 5.13. The minimum Gasteiger partial charge on any atom is -0.374 e. The van der Waals surface area contributed by atoms with Crippen molar-refractivity contribution in [2.24, 2.45) is 0 Å². The van der Waals surface area contributed by atoms with Crippen LogP contribution in [0.3, 0.4) is 0 Å². The fourth-order valence-electron chi connectivity index (χ4n) is 3.13. The average molecular weight is 233 g/mol. The van der Waals surface area contributed by atoms with Gasteiger partial charge < -0.3 is 4.90 Å². The van der Waals surface area contributed by atoms with Crippen molar-refractivity contribution in [3.8, 4) is 0 Å². The quantitative estimate of drug-likeness (QED) is 0.531. The lowest BCUT2D eigenvalue weighted by Crippen LogP contribution is -2.24. The van der Waals surface area contributed by atoms with Crippen LogP contribution in [-0.4, -0.2) is 13.6 Å². The molecule has 1 nitrogen and oxygen atoms in total. The highest BCUT2D eigenvalue weighted by atomic mass is 15.1. The summed E-state index contributed by atoms with van der Waals surface area (Å²) in [5.74, 6) is 0. The SMILES string of the molecule is CN1CCc2cccc3c2c1cc1ccccc13. The van der Waals surface area contributed by atoms with Crippen molar-refractivity contribution in [1.82, 2.24) is 0 Å². The van der Waals surface area contributed by atoms with Crippen LogP contribution in [0.15, 0.2) is 48.5 Å². The van der Waals surface area contributed by atoms with Gasteiger partial charge in [-0.05, 0) is 34.2 Å². The van der Waals surface area contributed by atoms with Gasteiger partial charge in [-0.15, -0.1) is 0 Å². The number of fused-ring (bicyclic) bond motifs is 2. The van der Waals surface area contributed by atoms with Crippen molar-refractivity contribution in [2.45, 2.75) is 6.42 Å². The van der Waals surface area contributed by atoms with Gasteiger partial charge in [-0.2, -0.15) is 0 Å². The average Bonchev–Trinajstić information content (AvgIpc) is 2.43. The van der Waals surface area contributed by atoms with Crippen LogP contribution in [0.1, 0.15) is 5.56 Å². The number of benzene rings is 3. The van der Waals surface area contributed by atoms with E-state index >= 15 is 0 Å². The van der Waals surface area contributed by atoms with Crippen LogP contribution in [0.2, 0.25) is 0 Å². The lowest BCUT2D eigenvalue weighted by atomic mass is 9.92. The van der Waals surface area contributed by atoms with E-state index in [0.29, 0.717) is 0 Å². The summed E-state index contributed by atoms with van der Waals surface area (Å²) < 4.78 is 0. The highest BCUT2D eigenvalue weighted by Gasteiger charge is 2.17. The minimum absolute atomic E-state index is 1.12. The van der Waals surface area contributed by atoms with Gasteiger partial charge in [-0.1, -0.05) is 42.5 Å². The summed E-state index contributed by atoms with van der Waals surface area (Å²) in [4.78, 5) is 2.38. The molecule has 1 heteroatoms. The van der Waals surface area contributed by atoms with Gasteiger partial charge in [0.05, 0.1) is 0 Å². The van der Waals surface area contributed by atoms with Gasteiger partial charge in [0.2, 0.25) is 0 Å². The summed E-state index contributed by atoms with van der Waals surface area (Å²) in [5, 5.41) is 5.55. The first-order valence-electron chi connectivity index (χ1n) is 6.49. The van der Waals surface area contributed by atoms with Gasteiger partial charge >= 0.3 is 0 Å². The maximum Gasteiger partial charge on any atom is 0.0452 e. The molecular formula is C17H15N. The van der Waals surface area contributed by atoms with Crippen LogP contribution >= 0.6 is 0 Å². The number of likely N-dealkylation sites (N-methyl/N-ethyl adjacent to an activating group) is 1. The van der Waals surface area contributed by atoms with Crippen molar-refractivity contribution in [1.29, 1.82) is 0 Å². The molecule has 0 saturated carbocycles. The first-order valence-corrected chi connectivity index (χ1v) is 6.49. The zero-order valence-corrected chi connectivity index (χ0v) is 10.5. The van der Waals surface area contributed by atoms with Crippen molar-refractivity contribution in [2.75, 3.05) is 18.5 Å². The van der Waals surface area contributed by atoms with Crippen LogP contribution in [0.4, 0.5) is 5.69 Å². The van der Waals surface area contributed by atoms with Gasteiger partial charge in [0.15, 0.2) is 0 Å². The summed E-state index contributed by atoms with van der Waals surface area (Å²) >= 11 is 0. The zero-order valence-electron chi connectivity index (χ0n) is 10.5. The Kier molecular flexibility index (Phi) is 1.93. The Morgan fingerprint density at radius 1 is 0.944 bits per heavy atom. The molecule has 0 spiro atoms. The van der Waals surface area contributed by atoms with Crippen LogP contribution in [-0.2, 0) is 6.42 Å². The molecule has 18 heavy (non-hydrogen) atoms. The van der Waals surface area contributed by atoms with Crippen molar-refractivity contribution in [3.05, 3.63) is 54.1 Å². The molecule has 3 aromatic carbocycles. The van der Waals surface area contributed by atoms with Gasteiger partial charge in [0, 0.05) is 24.7 Å². The number of nitrogens with zero attached hydrogens (tertiary/aromatic N) is 1. The van der Waals surface area contributed by atoms with E-state index in [-0.39, 0.29) is 0 Å². The Labute approximate surface area is 107 Å². The maximum atomic E-state index is 2.38. The third-order valence-corrected chi connectivity index (χ3v) is 4.08. The van der Waals surface area contributed by atoms with Gasteiger partial charge in [0.25, 0.3) is 0 Å². The normalized spacial score (nSPS) is 14.4. The van der Waals surface area contributed by atoms with Crippen molar-refractivity contribution in [3.63, 3.8) is 0 Å². The molecule has 0 saturated heterocycles. The molecule has 1 aliphatic heterocycles. The van der Waals surface area contributed by atoms with Gasteiger partial charge in [-0.25, -0.2) is 0 Å². The molecule has 0 radical (unpaired) electrons. The minimum atomic E-state index is 1.12. The second kappa shape index (κ2) is 3.49. The molecule has 0 aliphatic carbocycles. The van der Waals surface area contributed by atoms with E-state index in [2.05, 4.69) is 60.5 Å². The fraction of sp³-hybridized carbons (Fsp3) is 0.176. The highest BCUT2D eigenvalue weighted by Crippen LogP contribution is 2.38. The van der Waals surface area contributed by atoms with Crippen LogP contribution in [0, 0.1) is 0 Å². The van der Waals surface area contributed by atoms with Crippen molar-refractivity contribution < 1.29 is 0 Å². The molecule has 3 aromatic rings. The third kappa shape index (κ3) is 1.22. The topological polar surface area (TPSA) is 3.24 Å². The second-order valence-corrected chi connectivity index (χ2v) is 5.13. The molecule has 0 amide bonds. The Morgan fingerprint density at radius 2 is 1.78 bits per heavy atom. The molecule has 0 bridgehead atoms. The van der Waals surface area contributed by atoms with Gasteiger partial charge in [0.1, 0.15) is 0 Å². The molecule has 1 aliphatic rings. The Morgan fingerprint density at radius 3 is 2.72 bits per heavy atom. The Hall–Kier alpha value is -2.02. The summed E-state index contributed by atoms with van der Waals surface area (Å²) in [6.07, 6.45) is 1.15. The lowest BCUT2D eigenvalue weighted by Gasteiger charge is -2.28. The molecule has 0 aromatic heterocycles. The van der Waals surface area contributed by atoms with E-state index in [0.717, 1.165) is 13.0 Å². The van der Waals surface area contributed by atoms with Crippen LogP contribution < -0.4 is 4.90 Å². The van der Waals surface area contributed by atoms with Crippen LogP contribution in [0.25, 0.3) is 21.5 Å². The summed E-state index contributed by atoms with van der Waals surface area (Å²) in [7, 11) is 2.19. The molecule has 0 atom stereocenters. The zero-order chi connectivity index (χ0) is 12.1. The molecule has 0 unspecified atom stereocenters. The Balaban J connectivity index is 2.29. The molecule has 1 heterocycles. The maximum absolute atomic E-state index is 2.38. The van der Waals surface area contributed by atoms with E-state index in [9.17, 15) is 0 Å². The van der Waals surface area contributed by atoms with E-state index in [1.54, 1.807) is 0 Å². The Bertz CT molecular complexity index is 758. The van der Waals surface area contributed by atoms with E-state index in [1.165, 1.54) is 32.8 Å². The lowest BCUT2D eigenvalue weighted by molar-refractivity contribution is 0.867. The van der Waals surface area contributed by atoms with Crippen LogP contribution in [0.5, 0.6) is 0 Å². The molecule has 0 fully saturated rings. The first-order chi connectivity index (χ1) is 8.84. The predicted octanol–water partition coefficient (Wildman–Crippen LogP) is 3.99. The first kappa shape index (κ1) is 9.95. The number of hydrogen-bond donors (Lipinski definition) is 0. The summed E-state index contributed by atoms with van der Waals surface area (Å²) in [6, 6.07) is 17.7.